The molecule has 1 N–H and O–H groups in total. The molecule has 11 nitrogen and oxygen atoms in total. The van der Waals surface area contributed by atoms with Crippen molar-refractivity contribution in [3.63, 3.8) is 0 Å². The molecule has 41 heavy (non-hydrogen) atoms. The molecular formula is C30H56N4O7. The first-order valence-corrected chi connectivity index (χ1v) is 14.6. The fourth-order valence-electron chi connectivity index (χ4n) is 4.40. The van der Waals surface area contributed by atoms with E-state index in [2.05, 4.69) is 5.32 Å². The number of amides is 4. The maximum absolute atomic E-state index is 13.7. The third-order valence-electron chi connectivity index (χ3n) is 7.22. The number of methoxy groups -OCH3 is 1. The molecule has 0 spiro atoms. The van der Waals surface area contributed by atoms with Crippen molar-refractivity contribution < 1.29 is 33.4 Å². The van der Waals surface area contributed by atoms with E-state index in [4.69, 9.17) is 9.47 Å². The van der Waals surface area contributed by atoms with Gasteiger partial charge in [0.05, 0.1) is 7.11 Å². The average Bonchev–Trinajstić information content (AvgIpc) is 2.88. The number of nitrogens with zero attached hydrogens (tertiary/aromatic N) is 3. The molecule has 0 bridgehead atoms. The van der Waals surface area contributed by atoms with Crippen molar-refractivity contribution in [1.82, 2.24) is 20.0 Å². The zero-order chi connectivity index (χ0) is 32.4. The Balaban J connectivity index is 6.06. The smallest absolute Gasteiger partial charge is 0.408 e. The summed E-state index contributed by atoms with van der Waals surface area (Å²) in [6, 6.07) is -3.48. The Kier molecular flexibility index (Phi) is 15.4. The third-order valence-corrected chi connectivity index (χ3v) is 7.22. The number of rotatable bonds is 14. The SMILES string of the molecule is CC[C@H](C)[C@@H](NC(=O)OC(C)(C)C)C(=O)N(C)[C@@H](C)C(=O)N(C)[C@@H](CC(C)C)C(=O)N(C)[C@@H](CC(C)C)C(=O)OC. The number of likely N-dealkylation sites (N-methyl/N-ethyl adjacent to an activating group) is 3. The Bertz CT molecular complexity index is 900. The lowest BCUT2D eigenvalue weighted by Crippen LogP contribution is -2.59. The molecule has 0 heterocycles. The van der Waals surface area contributed by atoms with Crippen LogP contribution in [0.2, 0.25) is 0 Å². The molecule has 0 aliphatic heterocycles. The van der Waals surface area contributed by atoms with Crippen molar-refractivity contribution in [2.75, 3.05) is 28.3 Å². The van der Waals surface area contributed by atoms with Gasteiger partial charge in [-0.1, -0.05) is 48.0 Å². The van der Waals surface area contributed by atoms with Gasteiger partial charge in [-0.05, 0) is 58.3 Å². The first-order valence-electron chi connectivity index (χ1n) is 14.6. The van der Waals surface area contributed by atoms with E-state index in [9.17, 15) is 24.0 Å². The lowest BCUT2D eigenvalue weighted by molar-refractivity contribution is -0.157. The molecule has 0 aromatic carbocycles. The van der Waals surface area contributed by atoms with Gasteiger partial charge in [-0.2, -0.15) is 0 Å². The van der Waals surface area contributed by atoms with E-state index in [-0.39, 0.29) is 23.7 Å². The summed E-state index contributed by atoms with van der Waals surface area (Å²) in [6.07, 6.45) is 0.669. The van der Waals surface area contributed by atoms with E-state index in [0.29, 0.717) is 19.3 Å². The number of carbonyl (C=O) groups is 5. The van der Waals surface area contributed by atoms with E-state index >= 15 is 0 Å². The van der Waals surface area contributed by atoms with E-state index in [1.807, 2.05) is 41.5 Å². The monoisotopic (exact) mass is 584 g/mol. The van der Waals surface area contributed by atoms with Crippen molar-refractivity contribution in [2.24, 2.45) is 17.8 Å². The summed E-state index contributed by atoms with van der Waals surface area (Å²) >= 11 is 0. The molecule has 0 aliphatic carbocycles. The highest BCUT2D eigenvalue weighted by Gasteiger charge is 2.39. The highest BCUT2D eigenvalue weighted by atomic mass is 16.6. The second-order valence-corrected chi connectivity index (χ2v) is 12.8. The molecule has 0 rings (SSSR count). The Hall–Kier alpha value is -2.85. The van der Waals surface area contributed by atoms with Crippen LogP contribution in [0.1, 0.15) is 88.5 Å². The van der Waals surface area contributed by atoms with Gasteiger partial charge in [0.15, 0.2) is 0 Å². The number of hydrogen-bond acceptors (Lipinski definition) is 7. The number of hydrogen-bond donors (Lipinski definition) is 1. The predicted octanol–water partition coefficient (Wildman–Crippen LogP) is 3.69. The summed E-state index contributed by atoms with van der Waals surface area (Å²) in [4.78, 5) is 70.1. The molecule has 0 aliphatic rings. The Morgan fingerprint density at radius 2 is 1.20 bits per heavy atom. The first kappa shape index (κ1) is 38.1. The van der Waals surface area contributed by atoms with Gasteiger partial charge in [0.25, 0.3) is 0 Å². The number of carbonyl (C=O) groups excluding carboxylic acids is 5. The zero-order valence-corrected chi connectivity index (χ0v) is 27.9. The molecule has 0 aromatic rings. The van der Waals surface area contributed by atoms with Crippen molar-refractivity contribution in [3.05, 3.63) is 0 Å². The fraction of sp³-hybridized carbons (Fsp3) is 0.833. The second-order valence-electron chi connectivity index (χ2n) is 12.8. The van der Waals surface area contributed by atoms with Crippen molar-refractivity contribution >= 4 is 29.8 Å². The van der Waals surface area contributed by atoms with Gasteiger partial charge in [-0.15, -0.1) is 0 Å². The average molecular weight is 585 g/mol. The predicted molar refractivity (Wildman–Crippen MR) is 159 cm³/mol. The van der Waals surface area contributed by atoms with Crippen LogP contribution in [0.4, 0.5) is 4.79 Å². The summed E-state index contributed by atoms with van der Waals surface area (Å²) in [5.41, 5.74) is -0.738. The van der Waals surface area contributed by atoms with Crippen LogP contribution < -0.4 is 5.32 Å². The number of nitrogens with one attached hydrogen (secondary N) is 1. The molecule has 11 heteroatoms. The van der Waals surface area contributed by atoms with Gasteiger partial charge < -0.3 is 29.5 Å². The topological polar surface area (TPSA) is 126 Å². The maximum atomic E-state index is 13.7. The maximum Gasteiger partial charge on any atom is 0.408 e. The lowest BCUT2D eigenvalue weighted by Gasteiger charge is -2.38. The largest absolute Gasteiger partial charge is 0.467 e. The summed E-state index contributed by atoms with van der Waals surface area (Å²) in [7, 11) is 5.88. The summed E-state index contributed by atoms with van der Waals surface area (Å²) in [6.45, 7) is 18.3. The lowest BCUT2D eigenvalue weighted by atomic mass is 9.97. The Morgan fingerprint density at radius 3 is 1.61 bits per heavy atom. The van der Waals surface area contributed by atoms with Crippen LogP contribution in [0.25, 0.3) is 0 Å². The standard InChI is InChI=1S/C30H56N4O7/c1-15-20(6)24(31-29(39)41-30(8,9)10)27(37)32(11)21(7)25(35)33(12)22(16-18(2)3)26(36)34(13)23(17-19(4)5)28(38)40-14/h18-24H,15-17H2,1-14H3,(H,31,39)/t20-,21-,22-,23-,24+/m0/s1. The summed E-state index contributed by atoms with van der Waals surface area (Å²) < 4.78 is 10.3. The minimum atomic E-state index is -0.931. The summed E-state index contributed by atoms with van der Waals surface area (Å²) in [5.74, 6) is -1.80. The van der Waals surface area contributed by atoms with Crippen LogP contribution >= 0.6 is 0 Å². The second kappa shape index (κ2) is 16.6. The molecule has 0 saturated carbocycles. The molecule has 0 radical (unpaired) electrons. The molecule has 5 atom stereocenters. The molecule has 0 aromatic heterocycles. The van der Waals surface area contributed by atoms with Gasteiger partial charge in [0.1, 0.15) is 29.8 Å². The van der Waals surface area contributed by atoms with E-state index in [1.165, 1.54) is 35.9 Å². The third kappa shape index (κ3) is 11.9. The van der Waals surface area contributed by atoms with Gasteiger partial charge in [-0.25, -0.2) is 9.59 Å². The molecule has 0 saturated heterocycles. The number of alkyl carbamates (subject to hydrolysis) is 1. The first-order chi connectivity index (χ1) is 18.7. The van der Waals surface area contributed by atoms with E-state index < -0.39 is 53.6 Å². The van der Waals surface area contributed by atoms with Gasteiger partial charge in [-0.3, -0.25) is 14.4 Å². The van der Waals surface area contributed by atoms with Gasteiger partial charge >= 0.3 is 12.1 Å². The zero-order valence-electron chi connectivity index (χ0n) is 27.9. The van der Waals surface area contributed by atoms with Gasteiger partial charge in [0, 0.05) is 21.1 Å². The van der Waals surface area contributed by atoms with Crippen LogP contribution in [0.3, 0.4) is 0 Å². The van der Waals surface area contributed by atoms with Gasteiger partial charge in [0.2, 0.25) is 17.7 Å². The molecule has 238 valence electrons. The fourth-order valence-corrected chi connectivity index (χ4v) is 4.40. The van der Waals surface area contributed by atoms with E-state index in [0.717, 1.165) is 0 Å². The van der Waals surface area contributed by atoms with Crippen LogP contribution in [-0.2, 0) is 28.7 Å². The number of ether oxygens (including phenoxy) is 2. The summed E-state index contributed by atoms with van der Waals surface area (Å²) in [5, 5.41) is 2.67. The minimum absolute atomic E-state index is 0.0664. The van der Waals surface area contributed by atoms with Crippen molar-refractivity contribution in [3.8, 4) is 0 Å². The van der Waals surface area contributed by atoms with E-state index in [1.54, 1.807) is 34.7 Å². The highest BCUT2D eigenvalue weighted by molar-refractivity contribution is 5.94. The highest BCUT2D eigenvalue weighted by Crippen LogP contribution is 2.20. The quantitative estimate of drug-likeness (QED) is 0.309. The van der Waals surface area contributed by atoms with Crippen LogP contribution in [0, 0.1) is 17.8 Å². The van der Waals surface area contributed by atoms with Crippen LogP contribution in [0.5, 0.6) is 0 Å². The van der Waals surface area contributed by atoms with Crippen LogP contribution in [0.15, 0.2) is 0 Å². The number of esters is 1. The normalized spacial score (nSPS) is 15.3. The molecule has 0 unspecified atom stereocenters. The van der Waals surface area contributed by atoms with Crippen LogP contribution in [-0.4, -0.2) is 103 Å². The molecule has 4 amide bonds. The minimum Gasteiger partial charge on any atom is -0.467 e. The Labute approximate surface area is 247 Å². The molecule has 0 fully saturated rings. The van der Waals surface area contributed by atoms with Crippen molar-refractivity contribution in [1.29, 1.82) is 0 Å². The Morgan fingerprint density at radius 1 is 0.732 bits per heavy atom. The molecular weight excluding hydrogens is 528 g/mol. The van der Waals surface area contributed by atoms with Crippen molar-refractivity contribution in [2.45, 2.75) is 118 Å².